The Labute approximate surface area is 510 Å². The number of nitriles is 3. The summed E-state index contributed by atoms with van der Waals surface area (Å²) in [4.78, 5) is 23.8. The molecule has 12 aromatic carbocycles. The highest BCUT2D eigenvalue weighted by atomic mass is 15.3. The van der Waals surface area contributed by atoms with E-state index in [2.05, 4.69) is 221 Å². The number of para-hydroxylation sites is 7. The van der Waals surface area contributed by atoms with E-state index < -0.39 is 0 Å². The third-order valence-corrected chi connectivity index (χ3v) is 16.6. The zero-order valence-corrected chi connectivity index (χ0v) is 47.3. The van der Waals surface area contributed by atoms with Gasteiger partial charge < -0.3 is 14.7 Å². The lowest BCUT2D eigenvalue weighted by atomic mass is 9.80. The van der Waals surface area contributed by atoms with Crippen molar-refractivity contribution in [2.75, 3.05) is 14.7 Å². The van der Waals surface area contributed by atoms with E-state index in [1.165, 1.54) is 5.56 Å². The van der Waals surface area contributed by atoms with Gasteiger partial charge in [-0.25, -0.2) is 15.0 Å². The summed E-state index contributed by atoms with van der Waals surface area (Å²) in [6.07, 6.45) is 0. The molecule has 2 aliphatic heterocycles. The van der Waals surface area contributed by atoms with Crippen molar-refractivity contribution in [1.82, 2.24) is 15.0 Å². The van der Waals surface area contributed by atoms with Gasteiger partial charge in [-0.15, -0.1) is 0 Å². The number of nitrogens with zero attached hydrogens (tertiary/aromatic N) is 9. The van der Waals surface area contributed by atoms with E-state index in [9.17, 15) is 15.8 Å². The van der Waals surface area contributed by atoms with Crippen molar-refractivity contribution in [3.05, 3.63) is 325 Å². The molecule has 1 aromatic heterocycles. The second kappa shape index (κ2) is 22.3. The molecule has 0 saturated carbocycles. The van der Waals surface area contributed by atoms with E-state index in [1.54, 1.807) is 0 Å². The summed E-state index contributed by atoms with van der Waals surface area (Å²) < 4.78 is 0. The maximum atomic E-state index is 10.2. The number of anilines is 9. The topological polar surface area (TPSA) is 120 Å². The summed E-state index contributed by atoms with van der Waals surface area (Å²) in [7, 11) is 0. The highest BCUT2D eigenvalue weighted by Crippen LogP contribution is 2.57. The summed E-state index contributed by atoms with van der Waals surface area (Å²) in [6.45, 7) is 0. The number of aromatic nitrogens is 3. The molecule has 0 fully saturated rings. The van der Waals surface area contributed by atoms with Gasteiger partial charge in [0.15, 0.2) is 17.5 Å². The predicted molar refractivity (Wildman–Crippen MR) is 352 cm³/mol. The molecule has 0 saturated heterocycles. The molecule has 0 spiro atoms. The fraction of sp³-hybridized carbons (Fsp3) is 0.0127. The van der Waals surface area contributed by atoms with Crippen molar-refractivity contribution in [3.8, 4) is 85.8 Å². The first kappa shape index (κ1) is 52.3. The van der Waals surface area contributed by atoms with Gasteiger partial charge in [-0.2, -0.15) is 15.8 Å². The van der Waals surface area contributed by atoms with Crippen LogP contribution in [0.4, 0.5) is 51.2 Å². The average Bonchev–Trinajstić information content (AvgIpc) is 0.932. The summed E-state index contributed by atoms with van der Waals surface area (Å²) in [5, 5.41) is 30.2. The molecule has 0 aliphatic carbocycles. The van der Waals surface area contributed by atoms with Crippen molar-refractivity contribution in [2.24, 2.45) is 0 Å². The normalized spacial score (nSPS) is 12.2. The van der Waals surface area contributed by atoms with Crippen LogP contribution in [-0.2, 0) is 0 Å². The minimum atomic E-state index is -0.0573. The third kappa shape index (κ3) is 9.33. The van der Waals surface area contributed by atoms with Crippen LogP contribution >= 0.6 is 0 Å². The van der Waals surface area contributed by atoms with Crippen molar-refractivity contribution in [3.63, 3.8) is 0 Å². The predicted octanol–water partition coefficient (Wildman–Crippen LogP) is 19.7. The average molecular weight is 1120 g/mol. The fourth-order valence-corrected chi connectivity index (χ4v) is 12.5. The summed E-state index contributed by atoms with van der Waals surface area (Å²) >= 11 is 0. The minimum Gasteiger partial charge on any atom is -0.309 e. The Morgan fingerprint density at radius 3 is 1.08 bits per heavy atom. The lowest BCUT2D eigenvalue weighted by Crippen LogP contribution is -2.24. The zero-order valence-electron chi connectivity index (χ0n) is 47.3. The maximum Gasteiger partial charge on any atom is 0.166 e. The molecule has 0 N–H and O–H groups in total. The first-order valence-corrected chi connectivity index (χ1v) is 29.0. The van der Waals surface area contributed by atoms with Crippen LogP contribution in [0.1, 0.15) is 39.3 Å². The van der Waals surface area contributed by atoms with Gasteiger partial charge in [0.05, 0.1) is 80.4 Å². The molecule has 3 heterocycles. The van der Waals surface area contributed by atoms with Crippen LogP contribution in [0.2, 0.25) is 0 Å². The Bertz CT molecular complexity index is 4640. The molecule has 0 bridgehead atoms. The Morgan fingerprint density at radius 1 is 0.261 bits per heavy atom. The number of rotatable bonds is 10. The number of benzene rings is 12. The van der Waals surface area contributed by atoms with Gasteiger partial charge in [0.25, 0.3) is 0 Å². The number of fused-ring (bicyclic) bond motifs is 4. The van der Waals surface area contributed by atoms with E-state index in [0.29, 0.717) is 34.2 Å². The van der Waals surface area contributed by atoms with Crippen LogP contribution in [-0.4, -0.2) is 15.0 Å². The molecule has 2 aliphatic rings. The van der Waals surface area contributed by atoms with Crippen LogP contribution in [0.5, 0.6) is 0 Å². The second-order valence-electron chi connectivity index (χ2n) is 21.7. The standard InChI is InChI=1S/C79H49N9/c80-49-52-18-15-23-58(44-52)55-36-38-57(39-37-55)77-83-78(66-42-40-61(59-24-16-19-53(45-59)50-81)47-74(66)87-68-30-9-7-28-64(68)76(56-21-3-1-4-22-56)65-29-8-10-31-69(65)87)85-79(84-77)67-43-41-62(60-25-17-20-54(46-60)51-82)48-75(67)88-72-34-13-11-32-70(72)86(63-26-5-2-6-27-63)71-33-12-14-35-73(71)88/h1-48,76H. The van der Waals surface area contributed by atoms with E-state index in [1.807, 2.05) is 103 Å². The van der Waals surface area contributed by atoms with Crippen molar-refractivity contribution >= 4 is 51.2 Å². The highest BCUT2D eigenvalue weighted by Gasteiger charge is 2.36. The lowest BCUT2D eigenvalue weighted by molar-refractivity contribution is 0.938. The number of hydrogen-bond acceptors (Lipinski definition) is 9. The van der Waals surface area contributed by atoms with Gasteiger partial charge in [-0.05, 0) is 159 Å². The van der Waals surface area contributed by atoms with E-state index in [-0.39, 0.29) is 5.92 Å². The molecule has 0 amide bonds. The molecule has 0 unspecified atom stereocenters. The summed E-state index contributed by atoms with van der Waals surface area (Å²) in [5.74, 6) is 1.26. The summed E-state index contributed by atoms with van der Waals surface area (Å²) in [6, 6.07) is 106. The van der Waals surface area contributed by atoms with Crippen LogP contribution in [0, 0.1) is 34.0 Å². The van der Waals surface area contributed by atoms with Gasteiger partial charge in [0.2, 0.25) is 0 Å². The maximum absolute atomic E-state index is 10.2. The van der Waals surface area contributed by atoms with Crippen molar-refractivity contribution in [1.29, 1.82) is 15.8 Å². The molecule has 15 rings (SSSR count). The van der Waals surface area contributed by atoms with Gasteiger partial charge >= 0.3 is 0 Å². The third-order valence-electron chi connectivity index (χ3n) is 16.6. The van der Waals surface area contributed by atoms with E-state index >= 15 is 0 Å². The molecule has 13 aromatic rings. The molecule has 9 heteroatoms. The highest BCUT2D eigenvalue weighted by molar-refractivity contribution is 6.04. The quantitative estimate of drug-likeness (QED) is 0.132. The molecule has 88 heavy (non-hydrogen) atoms. The first-order chi connectivity index (χ1) is 43.5. The van der Waals surface area contributed by atoms with Gasteiger partial charge in [0.1, 0.15) is 0 Å². The number of hydrogen-bond donors (Lipinski definition) is 0. The minimum absolute atomic E-state index is 0.0573. The monoisotopic (exact) mass is 1120 g/mol. The zero-order chi connectivity index (χ0) is 59.1. The Morgan fingerprint density at radius 2 is 0.614 bits per heavy atom. The SMILES string of the molecule is N#Cc1cccc(-c2ccc(-c3nc(-c4ccc(-c5cccc(C#N)c5)cc4N4c5ccccc5C(c5ccccc5)c5ccccc54)nc(-c4ccc(-c5cccc(C#N)c5)cc4N4c5ccccc5N(c5ccccc5)c5ccccc54)n3)cc2)c1. The van der Waals surface area contributed by atoms with Crippen LogP contribution in [0.15, 0.2) is 291 Å². The molecule has 9 nitrogen and oxygen atoms in total. The Hall–Kier alpha value is -12.5. The Balaban J connectivity index is 1.00. The van der Waals surface area contributed by atoms with Gasteiger partial charge in [0, 0.05) is 28.3 Å². The van der Waals surface area contributed by atoms with Crippen molar-refractivity contribution in [2.45, 2.75) is 5.92 Å². The lowest BCUT2D eigenvalue weighted by Gasteiger charge is -2.41. The molecule has 0 atom stereocenters. The second-order valence-corrected chi connectivity index (χ2v) is 21.7. The fourth-order valence-electron chi connectivity index (χ4n) is 12.5. The van der Waals surface area contributed by atoms with E-state index in [4.69, 9.17) is 15.0 Å². The van der Waals surface area contributed by atoms with Gasteiger partial charge in [-0.1, -0.05) is 182 Å². The molecular formula is C79H49N9. The Kier molecular flexibility index (Phi) is 13.2. The first-order valence-electron chi connectivity index (χ1n) is 29.0. The van der Waals surface area contributed by atoms with Crippen LogP contribution in [0.3, 0.4) is 0 Å². The van der Waals surface area contributed by atoms with E-state index in [0.717, 1.165) is 112 Å². The van der Waals surface area contributed by atoms with Gasteiger partial charge in [-0.3, -0.25) is 0 Å². The smallest absolute Gasteiger partial charge is 0.166 e. The molecule has 0 radical (unpaired) electrons. The summed E-state index contributed by atoms with van der Waals surface area (Å²) in [5.41, 5.74) is 21.4. The van der Waals surface area contributed by atoms with Crippen LogP contribution < -0.4 is 14.7 Å². The van der Waals surface area contributed by atoms with Crippen LogP contribution in [0.25, 0.3) is 67.5 Å². The molecular weight excluding hydrogens is 1070 g/mol. The molecule has 410 valence electrons. The van der Waals surface area contributed by atoms with Crippen molar-refractivity contribution < 1.29 is 0 Å². The largest absolute Gasteiger partial charge is 0.309 e.